The molecular weight excluding hydrogens is 298 g/mol. The molecule has 1 amide bonds. The third kappa shape index (κ3) is 3.36. The molecule has 1 atom stereocenters. The number of carbonyl (C=O) groups excluding carboxylic acids is 3. The minimum atomic E-state index is -0.667. The summed E-state index contributed by atoms with van der Waals surface area (Å²) in [6.07, 6.45) is -0.306. The molecule has 0 fully saturated rings. The van der Waals surface area contributed by atoms with E-state index < -0.39 is 12.1 Å². The van der Waals surface area contributed by atoms with Gasteiger partial charge in [-0.1, -0.05) is 20.8 Å². The molecule has 124 valence electrons. The second kappa shape index (κ2) is 6.81. The van der Waals surface area contributed by atoms with Gasteiger partial charge in [-0.3, -0.25) is 19.3 Å². The fourth-order valence-electron chi connectivity index (χ4n) is 2.44. The summed E-state index contributed by atoms with van der Waals surface area (Å²) < 4.78 is 10.4. The number of esters is 1. The van der Waals surface area contributed by atoms with Gasteiger partial charge in [0.05, 0.1) is 12.8 Å². The summed E-state index contributed by atoms with van der Waals surface area (Å²) in [4.78, 5) is 37.5. The first kappa shape index (κ1) is 17.0. The third-order valence-corrected chi connectivity index (χ3v) is 3.78. The number of anilines is 1. The highest BCUT2D eigenvalue weighted by atomic mass is 16.5. The van der Waals surface area contributed by atoms with Gasteiger partial charge >= 0.3 is 5.97 Å². The molecule has 0 N–H and O–H groups in total. The molecule has 1 unspecified atom stereocenters. The number of methoxy groups -OCH3 is 1. The number of ether oxygens (including phenoxy) is 2. The van der Waals surface area contributed by atoms with Crippen LogP contribution >= 0.6 is 0 Å². The number of rotatable bonds is 5. The van der Waals surface area contributed by atoms with Crippen LogP contribution in [0.4, 0.5) is 5.69 Å². The molecule has 23 heavy (non-hydrogen) atoms. The summed E-state index contributed by atoms with van der Waals surface area (Å²) >= 11 is 0. The average molecular weight is 319 g/mol. The zero-order valence-corrected chi connectivity index (χ0v) is 13.8. The molecule has 6 heteroatoms. The SMILES string of the molecule is CCC(=O)c1ccc2c(c1)N(CC(=O)OC)C(=O)C(C(C)C)O2. The monoisotopic (exact) mass is 319 g/mol. The number of carbonyl (C=O) groups is 3. The standard InChI is InChI=1S/C17H21NO5/c1-5-13(19)11-6-7-14-12(8-11)18(9-15(20)22-4)17(21)16(23-14)10(2)3/h6-8,10,16H,5,9H2,1-4H3. The first-order valence-electron chi connectivity index (χ1n) is 7.61. The van der Waals surface area contributed by atoms with E-state index in [1.165, 1.54) is 12.0 Å². The van der Waals surface area contributed by atoms with Crippen molar-refractivity contribution in [2.45, 2.75) is 33.3 Å². The van der Waals surface area contributed by atoms with Gasteiger partial charge in [0.15, 0.2) is 11.9 Å². The lowest BCUT2D eigenvalue weighted by molar-refractivity contribution is -0.141. The van der Waals surface area contributed by atoms with E-state index >= 15 is 0 Å². The normalized spacial score (nSPS) is 16.8. The van der Waals surface area contributed by atoms with Crippen molar-refractivity contribution in [1.29, 1.82) is 0 Å². The van der Waals surface area contributed by atoms with Crippen molar-refractivity contribution in [2.24, 2.45) is 5.92 Å². The van der Waals surface area contributed by atoms with Gasteiger partial charge in [-0.2, -0.15) is 0 Å². The molecule has 0 saturated heterocycles. The zero-order valence-electron chi connectivity index (χ0n) is 13.8. The first-order chi connectivity index (χ1) is 10.9. The summed E-state index contributed by atoms with van der Waals surface area (Å²) in [5.74, 6) is -0.434. The van der Waals surface area contributed by atoms with Crippen LogP contribution < -0.4 is 9.64 Å². The molecule has 0 aromatic heterocycles. The van der Waals surface area contributed by atoms with E-state index in [1.54, 1.807) is 25.1 Å². The Hall–Kier alpha value is -2.37. The quantitative estimate of drug-likeness (QED) is 0.614. The first-order valence-corrected chi connectivity index (χ1v) is 7.61. The van der Waals surface area contributed by atoms with Crippen LogP contribution in [0.3, 0.4) is 0 Å². The molecule has 2 rings (SSSR count). The summed E-state index contributed by atoms with van der Waals surface area (Å²) in [6.45, 7) is 5.31. The van der Waals surface area contributed by atoms with E-state index in [1.807, 2.05) is 13.8 Å². The van der Waals surface area contributed by atoms with Crippen LogP contribution in [0, 0.1) is 5.92 Å². The molecule has 0 radical (unpaired) electrons. The van der Waals surface area contributed by atoms with Crippen molar-refractivity contribution in [3.8, 4) is 5.75 Å². The van der Waals surface area contributed by atoms with Crippen molar-refractivity contribution < 1.29 is 23.9 Å². The minimum Gasteiger partial charge on any atom is -0.478 e. The lowest BCUT2D eigenvalue weighted by Gasteiger charge is -2.35. The van der Waals surface area contributed by atoms with Gasteiger partial charge in [-0.05, 0) is 24.1 Å². The Labute approximate surface area is 135 Å². The van der Waals surface area contributed by atoms with Crippen LogP contribution in [0.5, 0.6) is 5.75 Å². The molecule has 0 spiro atoms. The molecule has 1 aromatic rings. The van der Waals surface area contributed by atoms with Gasteiger partial charge in [0.2, 0.25) is 0 Å². The van der Waals surface area contributed by atoms with Gasteiger partial charge in [0.1, 0.15) is 12.3 Å². The summed E-state index contributed by atoms with van der Waals surface area (Å²) in [7, 11) is 1.27. The zero-order chi connectivity index (χ0) is 17.1. The van der Waals surface area contributed by atoms with E-state index in [2.05, 4.69) is 4.74 Å². The van der Waals surface area contributed by atoms with Gasteiger partial charge in [0, 0.05) is 12.0 Å². The number of nitrogens with zero attached hydrogens (tertiary/aromatic N) is 1. The van der Waals surface area contributed by atoms with Crippen molar-refractivity contribution in [3.63, 3.8) is 0 Å². The molecule has 1 heterocycles. The van der Waals surface area contributed by atoms with Crippen molar-refractivity contribution in [3.05, 3.63) is 23.8 Å². The fraction of sp³-hybridized carbons (Fsp3) is 0.471. The molecular formula is C17H21NO5. The van der Waals surface area contributed by atoms with Crippen LogP contribution in [0.1, 0.15) is 37.6 Å². The number of fused-ring (bicyclic) bond motifs is 1. The predicted molar refractivity (Wildman–Crippen MR) is 84.7 cm³/mol. The minimum absolute atomic E-state index is 0.0377. The lowest BCUT2D eigenvalue weighted by atomic mass is 10.0. The van der Waals surface area contributed by atoms with E-state index in [-0.39, 0.29) is 24.2 Å². The van der Waals surface area contributed by atoms with Crippen molar-refractivity contribution in [1.82, 2.24) is 0 Å². The van der Waals surface area contributed by atoms with Crippen LogP contribution in [0.25, 0.3) is 0 Å². The Morgan fingerprint density at radius 1 is 1.35 bits per heavy atom. The van der Waals surface area contributed by atoms with E-state index in [0.717, 1.165) is 0 Å². The molecule has 0 saturated carbocycles. The van der Waals surface area contributed by atoms with Crippen LogP contribution in [-0.2, 0) is 14.3 Å². The van der Waals surface area contributed by atoms with E-state index in [0.29, 0.717) is 23.4 Å². The average Bonchev–Trinajstić information content (AvgIpc) is 2.55. The Morgan fingerprint density at radius 2 is 2.04 bits per heavy atom. The molecule has 0 bridgehead atoms. The van der Waals surface area contributed by atoms with Gasteiger partial charge in [0.25, 0.3) is 5.91 Å². The number of hydrogen-bond acceptors (Lipinski definition) is 5. The van der Waals surface area contributed by atoms with Crippen LogP contribution in [0.15, 0.2) is 18.2 Å². The predicted octanol–water partition coefficient (Wildman–Crippen LogP) is 2.20. The Balaban J connectivity index is 2.48. The van der Waals surface area contributed by atoms with Gasteiger partial charge < -0.3 is 9.47 Å². The Bertz CT molecular complexity index is 638. The van der Waals surface area contributed by atoms with Crippen LogP contribution in [0.2, 0.25) is 0 Å². The molecule has 6 nitrogen and oxygen atoms in total. The molecule has 1 aliphatic rings. The molecule has 0 aliphatic carbocycles. The van der Waals surface area contributed by atoms with Gasteiger partial charge in [-0.15, -0.1) is 0 Å². The third-order valence-electron chi connectivity index (χ3n) is 3.78. The van der Waals surface area contributed by atoms with Crippen molar-refractivity contribution in [2.75, 3.05) is 18.6 Å². The molecule has 1 aromatic carbocycles. The largest absolute Gasteiger partial charge is 0.478 e. The summed E-state index contributed by atoms with van der Waals surface area (Å²) in [5, 5.41) is 0. The van der Waals surface area contributed by atoms with E-state index in [4.69, 9.17) is 4.74 Å². The van der Waals surface area contributed by atoms with Gasteiger partial charge in [-0.25, -0.2) is 0 Å². The highest BCUT2D eigenvalue weighted by molar-refractivity contribution is 6.05. The summed E-state index contributed by atoms with van der Waals surface area (Å²) in [6, 6.07) is 4.94. The fourth-order valence-corrected chi connectivity index (χ4v) is 2.44. The number of Topliss-reactive ketones (excluding diaryl/α,β-unsaturated/α-hetero) is 1. The second-order valence-electron chi connectivity index (χ2n) is 5.74. The number of benzene rings is 1. The maximum Gasteiger partial charge on any atom is 0.325 e. The Kier molecular flexibility index (Phi) is 5.03. The second-order valence-corrected chi connectivity index (χ2v) is 5.74. The summed E-state index contributed by atoms with van der Waals surface area (Å²) in [5.41, 5.74) is 0.914. The maximum absolute atomic E-state index is 12.6. The smallest absolute Gasteiger partial charge is 0.325 e. The lowest BCUT2D eigenvalue weighted by Crippen LogP contribution is -2.50. The number of ketones is 1. The topological polar surface area (TPSA) is 72.9 Å². The number of hydrogen-bond donors (Lipinski definition) is 0. The van der Waals surface area contributed by atoms with E-state index in [9.17, 15) is 14.4 Å². The maximum atomic E-state index is 12.6. The highest BCUT2D eigenvalue weighted by Crippen LogP contribution is 2.36. The van der Waals surface area contributed by atoms with Crippen LogP contribution in [-0.4, -0.2) is 37.4 Å². The number of amides is 1. The van der Waals surface area contributed by atoms with Crippen molar-refractivity contribution >= 4 is 23.3 Å². The Morgan fingerprint density at radius 3 is 2.61 bits per heavy atom. The highest BCUT2D eigenvalue weighted by Gasteiger charge is 2.37. The molecule has 1 aliphatic heterocycles.